The Morgan fingerprint density at radius 1 is 0.321 bits per heavy atom. The Balaban J connectivity index is 4.27. The Kier molecular flexibility index (Phi) is 37.5. The number of unbranched alkanes of at least 4 members (excludes halogenated alkanes) is 23. The highest BCUT2D eigenvalue weighted by Gasteiger charge is 2.19. The molecule has 0 spiro atoms. The third kappa shape index (κ3) is 41.4. The summed E-state index contributed by atoms with van der Waals surface area (Å²) in [6.45, 7) is 13.6. The molecule has 0 bridgehead atoms. The Labute approximate surface area is 329 Å². The molecule has 6 heteroatoms. The lowest BCUT2D eigenvalue weighted by atomic mass is 10.0. The van der Waals surface area contributed by atoms with Crippen LogP contribution < -0.4 is 0 Å². The second-order valence-corrected chi connectivity index (χ2v) is 17.5. The van der Waals surface area contributed by atoms with Crippen molar-refractivity contribution in [3.63, 3.8) is 0 Å². The smallest absolute Gasteiger partial charge is 0.306 e. The van der Waals surface area contributed by atoms with E-state index in [2.05, 4.69) is 41.5 Å². The average molecular weight is 751 g/mol. The molecule has 0 saturated heterocycles. The molecule has 0 aliphatic carbocycles. The van der Waals surface area contributed by atoms with E-state index in [4.69, 9.17) is 14.2 Å². The predicted octanol–water partition coefficient (Wildman–Crippen LogP) is 14.4. The summed E-state index contributed by atoms with van der Waals surface area (Å²) in [5, 5.41) is 0. The molecule has 0 saturated carbocycles. The van der Waals surface area contributed by atoms with Gasteiger partial charge in [-0.25, -0.2) is 0 Å². The van der Waals surface area contributed by atoms with Gasteiger partial charge in [0.1, 0.15) is 13.2 Å². The second kappa shape index (κ2) is 38.7. The molecule has 0 amide bonds. The third-order valence-electron chi connectivity index (χ3n) is 10.4. The highest BCUT2D eigenvalue weighted by molar-refractivity contribution is 5.71. The van der Waals surface area contributed by atoms with Gasteiger partial charge in [0, 0.05) is 19.3 Å². The van der Waals surface area contributed by atoms with Crippen LogP contribution in [0.5, 0.6) is 0 Å². The zero-order valence-corrected chi connectivity index (χ0v) is 36.3. The minimum Gasteiger partial charge on any atom is -0.462 e. The Morgan fingerprint density at radius 3 is 0.811 bits per heavy atom. The molecule has 0 aromatic heterocycles. The second-order valence-electron chi connectivity index (χ2n) is 17.5. The third-order valence-corrected chi connectivity index (χ3v) is 10.4. The van der Waals surface area contributed by atoms with Crippen molar-refractivity contribution in [1.29, 1.82) is 0 Å². The Morgan fingerprint density at radius 2 is 0.547 bits per heavy atom. The Hall–Kier alpha value is -1.59. The van der Waals surface area contributed by atoms with Gasteiger partial charge in [0.15, 0.2) is 6.10 Å². The monoisotopic (exact) mass is 751 g/mol. The van der Waals surface area contributed by atoms with E-state index in [1.807, 2.05) is 0 Å². The first kappa shape index (κ1) is 51.4. The van der Waals surface area contributed by atoms with Crippen LogP contribution in [0.25, 0.3) is 0 Å². The number of esters is 3. The maximum atomic E-state index is 12.7. The molecule has 0 aromatic rings. The van der Waals surface area contributed by atoms with Crippen LogP contribution in [0.15, 0.2) is 0 Å². The first-order valence-electron chi connectivity index (χ1n) is 23.1. The highest BCUT2D eigenvalue weighted by Crippen LogP contribution is 2.17. The molecule has 1 atom stereocenters. The number of hydrogen-bond acceptors (Lipinski definition) is 6. The fraction of sp³-hybridized carbons (Fsp3) is 0.936. The lowest BCUT2D eigenvalue weighted by molar-refractivity contribution is -0.167. The topological polar surface area (TPSA) is 78.9 Å². The first-order valence-corrected chi connectivity index (χ1v) is 23.1. The maximum absolute atomic E-state index is 12.7. The quantitative estimate of drug-likeness (QED) is 0.0352. The van der Waals surface area contributed by atoms with Gasteiger partial charge < -0.3 is 14.2 Å². The van der Waals surface area contributed by atoms with Crippen LogP contribution in [-0.4, -0.2) is 37.2 Å². The Bertz CT molecular complexity index is 822. The van der Waals surface area contributed by atoms with Gasteiger partial charge in [0.05, 0.1) is 0 Å². The van der Waals surface area contributed by atoms with Crippen LogP contribution in [0.2, 0.25) is 0 Å². The molecule has 0 aromatic carbocycles. The molecule has 0 aliphatic heterocycles. The summed E-state index contributed by atoms with van der Waals surface area (Å²) in [6.07, 6.45) is 35.4. The molecule has 0 fully saturated rings. The summed E-state index contributed by atoms with van der Waals surface area (Å²) in [5.41, 5.74) is 0. The summed E-state index contributed by atoms with van der Waals surface area (Å²) in [4.78, 5) is 37.7. The molecule has 6 nitrogen and oxygen atoms in total. The summed E-state index contributed by atoms with van der Waals surface area (Å²) < 4.78 is 16.7. The van der Waals surface area contributed by atoms with Crippen molar-refractivity contribution in [1.82, 2.24) is 0 Å². The molecule has 0 aliphatic rings. The van der Waals surface area contributed by atoms with Gasteiger partial charge in [-0.1, -0.05) is 208 Å². The molecule has 0 N–H and O–H groups in total. The van der Waals surface area contributed by atoms with Crippen LogP contribution in [0.4, 0.5) is 0 Å². The molecular formula is C47H90O6. The lowest BCUT2D eigenvalue weighted by Crippen LogP contribution is -2.30. The molecule has 0 rings (SSSR count). The van der Waals surface area contributed by atoms with Crippen LogP contribution in [0, 0.1) is 17.8 Å². The zero-order chi connectivity index (χ0) is 39.2. The number of carbonyl (C=O) groups excluding carboxylic acids is 3. The van der Waals surface area contributed by atoms with Crippen LogP contribution >= 0.6 is 0 Å². The number of rotatable bonds is 40. The molecule has 0 radical (unpaired) electrons. The minimum atomic E-state index is -0.762. The summed E-state index contributed by atoms with van der Waals surface area (Å²) in [6, 6.07) is 0. The molecule has 53 heavy (non-hydrogen) atoms. The van der Waals surface area contributed by atoms with Crippen molar-refractivity contribution in [3.8, 4) is 0 Å². The van der Waals surface area contributed by atoms with Gasteiger partial charge in [0.25, 0.3) is 0 Å². The van der Waals surface area contributed by atoms with E-state index in [0.717, 1.165) is 75.5 Å². The van der Waals surface area contributed by atoms with E-state index in [0.29, 0.717) is 19.3 Å². The van der Waals surface area contributed by atoms with Gasteiger partial charge in [-0.15, -0.1) is 0 Å². The van der Waals surface area contributed by atoms with E-state index in [1.54, 1.807) is 0 Å². The van der Waals surface area contributed by atoms with Crippen molar-refractivity contribution in [2.24, 2.45) is 17.8 Å². The van der Waals surface area contributed by atoms with Crippen LogP contribution in [0.3, 0.4) is 0 Å². The predicted molar refractivity (Wildman–Crippen MR) is 224 cm³/mol. The fourth-order valence-electron chi connectivity index (χ4n) is 6.88. The van der Waals surface area contributed by atoms with E-state index in [9.17, 15) is 14.4 Å². The van der Waals surface area contributed by atoms with Crippen molar-refractivity contribution in [3.05, 3.63) is 0 Å². The number of ether oxygens (including phenoxy) is 3. The lowest BCUT2D eigenvalue weighted by Gasteiger charge is -2.18. The zero-order valence-electron chi connectivity index (χ0n) is 36.3. The number of hydrogen-bond donors (Lipinski definition) is 0. The van der Waals surface area contributed by atoms with E-state index < -0.39 is 6.10 Å². The van der Waals surface area contributed by atoms with E-state index >= 15 is 0 Å². The van der Waals surface area contributed by atoms with Crippen molar-refractivity contribution in [2.75, 3.05) is 13.2 Å². The van der Waals surface area contributed by atoms with Gasteiger partial charge in [-0.3, -0.25) is 14.4 Å². The van der Waals surface area contributed by atoms with Crippen molar-refractivity contribution < 1.29 is 28.6 Å². The SMILES string of the molecule is CC(C)CCCCCCCCCCCCCCCC(=O)OC[C@H](COC(=O)CCCCCCCCC(C)C)OC(=O)CCCCCCCCCC(C)C. The standard InChI is InChI=1S/C47H90O6/c1-41(2)33-27-21-15-12-10-8-7-9-11-13-17-24-30-36-45(48)51-39-44(40-52-46(49)37-31-25-20-19-23-29-35-43(5)6)53-47(50)38-32-26-18-14-16-22-28-34-42(3)4/h41-44H,7-40H2,1-6H3/t44-/m1/s1. The van der Waals surface area contributed by atoms with Gasteiger partial charge in [-0.2, -0.15) is 0 Å². The van der Waals surface area contributed by atoms with E-state index in [-0.39, 0.29) is 31.1 Å². The van der Waals surface area contributed by atoms with Crippen molar-refractivity contribution in [2.45, 2.75) is 253 Å². The minimum absolute atomic E-state index is 0.0669. The number of carbonyl (C=O) groups is 3. The summed E-state index contributed by atoms with van der Waals surface area (Å²) in [7, 11) is 0. The van der Waals surface area contributed by atoms with Crippen LogP contribution in [-0.2, 0) is 28.6 Å². The van der Waals surface area contributed by atoms with Crippen LogP contribution in [0.1, 0.15) is 247 Å². The van der Waals surface area contributed by atoms with Gasteiger partial charge >= 0.3 is 17.9 Å². The van der Waals surface area contributed by atoms with Gasteiger partial charge in [0.2, 0.25) is 0 Å². The normalized spacial score (nSPS) is 12.2. The summed E-state index contributed by atoms with van der Waals surface area (Å²) in [5.74, 6) is 1.51. The maximum Gasteiger partial charge on any atom is 0.306 e. The fourth-order valence-corrected chi connectivity index (χ4v) is 6.88. The van der Waals surface area contributed by atoms with Crippen molar-refractivity contribution >= 4 is 17.9 Å². The molecule has 0 heterocycles. The molecule has 0 unspecified atom stereocenters. The molecular weight excluding hydrogens is 661 g/mol. The first-order chi connectivity index (χ1) is 25.6. The summed E-state index contributed by atoms with van der Waals surface area (Å²) >= 11 is 0. The van der Waals surface area contributed by atoms with Gasteiger partial charge in [-0.05, 0) is 37.0 Å². The highest BCUT2D eigenvalue weighted by atomic mass is 16.6. The molecule has 314 valence electrons. The average Bonchev–Trinajstić information content (AvgIpc) is 3.11. The largest absolute Gasteiger partial charge is 0.462 e. The van der Waals surface area contributed by atoms with E-state index in [1.165, 1.54) is 128 Å².